The van der Waals surface area contributed by atoms with Crippen LogP contribution in [-0.4, -0.2) is 15.0 Å². The van der Waals surface area contributed by atoms with Gasteiger partial charge in [-0.15, -0.1) is 0 Å². The number of unbranched alkanes of at least 4 members (excludes halogenated alkanes) is 2. The highest BCUT2D eigenvalue weighted by atomic mass is 15.0. The van der Waals surface area contributed by atoms with E-state index >= 15 is 0 Å². The largest absolute Gasteiger partial charge is 0.341 e. The Bertz CT molecular complexity index is 373. The molecule has 2 rings (SSSR count). The van der Waals surface area contributed by atoms with Gasteiger partial charge in [0.1, 0.15) is 5.82 Å². The fraction of sp³-hybridized carbons (Fsp3) is 0.455. The van der Waals surface area contributed by atoms with Gasteiger partial charge in [0.2, 0.25) is 0 Å². The van der Waals surface area contributed by atoms with Crippen molar-refractivity contribution in [1.82, 2.24) is 15.0 Å². The summed E-state index contributed by atoms with van der Waals surface area (Å²) in [5.74, 6) is 1.06. The number of aromatic nitrogens is 3. The molecule has 3 nitrogen and oxygen atoms in total. The number of rotatable bonds is 4. The van der Waals surface area contributed by atoms with Crippen molar-refractivity contribution in [2.45, 2.75) is 32.6 Å². The Balaban J connectivity index is 2.11. The Morgan fingerprint density at radius 1 is 1.36 bits per heavy atom. The van der Waals surface area contributed by atoms with Crippen molar-refractivity contribution in [3.63, 3.8) is 0 Å². The third-order valence-electron chi connectivity index (χ3n) is 2.32. The van der Waals surface area contributed by atoms with Crippen molar-refractivity contribution < 1.29 is 0 Å². The van der Waals surface area contributed by atoms with E-state index in [2.05, 4.69) is 21.9 Å². The Morgan fingerprint density at radius 3 is 3.07 bits per heavy atom. The van der Waals surface area contributed by atoms with Gasteiger partial charge in [-0.3, -0.25) is 0 Å². The van der Waals surface area contributed by atoms with E-state index in [1.165, 1.54) is 19.3 Å². The molecule has 0 bridgehead atoms. The van der Waals surface area contributed by atoms with Gasteiger partial charge in [0.15, 0.2) is 5.65 Å². The van der Waals surface area contributed by atoms with Gasteiger partial charge in [0.05, 0.1) is 5.52 Å². The summed E-state index contributed by atoms with van der Waals surface area (Å²) in [5, 5.41) is 0. The van der Waals surface area contributed by atoms with E-state index in [0.717, 1.165) is 23.4 Å². The number of nitrogens with one attached hydrogen (secondary N) is 1. The third-order valence-corrected chi connectivity index (χ3v) is 2.32. The zero-order chi connectivity index (χ0) is 9.80. The molecule has 2 heterocycles. The number of hydrogen-bond donors (Lipinski definition) is 1. The highest BCUT2D eigenvalue weighted by Gasteiger charge is 2.01. The smallest absolute Gasteiger partial charge is 0.177 e. The summed E-state index contributed by atoms with van der Waals surface area (Å²) in [5.41, 5.74) is 1.87. The van der Waals surface area contributed by atoms with Crippen LogP contribution in [0.25, 0.3) is 11.2 Å². The maximum Gasteiger partial charge on any atom is 0.177 e. The fourth-order valence-electron chi connectivity index (χ4n) is 1.56. The molecule has 0 aliphatic heterocycles. The molecular weight excluding hydrogens is 174 g/mol. The van der Waals surface area contributed by atoms with Crippen molar-refractivity contribution in [1.29, 1.82) is 0 Å². The monoisotopic (exact) mass is 189 g/mol. The van der Waals surface area contributed by atoms with Crippen molar-refractivity contribution in [3.05, 3.63) is 24.2 Å². The third kappa shape index (κ3) is 1.92. The van der Waals surface area contributed by atoms with Crippen LogP contribution in [0.1, 0.15) is 32.0 Å². The molecule has 0 atom stereocenters. The molecule has 0 fully saturated rings. The Labute approximate surface area is 83.6 Å². The zero-order valence-corrected chi connectivity index (χ0v) is 8.45. The molecule has 0 unspecified atom stereocenters. The Hall–Kier alpha value is -1.38. The summed E-state index contributed by atoms with van der Waals surface area (Å²) in [4.78, 5) is 11.9. The number of aryl methyl sites for hydroxylation is 1. The normalized spacial score (nSPS) is 10.9. The number of imidazole rings is 1. The predicted molar refractivity (Wildman–Crippen MR) is 57.1 cm³/mol. The summed E-state index contributed by atoms with van der Waals surface area (Å²) in [6.45, 7) is 2.21. The van der Waals surface area contributed by atoms with Gasteiger partial charge in [0.25, 0.3) is 0 Å². The van der Waals surface area contributed by atoms with Crippen molar-refractivity contribution in [2.75, 3.05) is 0 Å². The lowest BCUT2D eigenvalue weighted by molar-refractivity contribution is 0.700. The van der Waals surface area contributed by atoms with E-state index in [0.29, 0.717) is 0 Å². The van der Waals surface area contributed by atoms with Crippen LogP contribution in [0.2, 0.25) is 0 Å². The number of H-pyrrole nitrogens is 1. The van der Waals surface area contributed by atoms with Gasteiger partial charge < -0.3 is 4.98 Å². The molecule has 2 aromatic heterocycles. The molecule has 0 radical (unpaired) electrons. The first-order valence-corrected chi connectivity index (χ1v) is 5.20. The van der Waals surface area contributed by atoms with Gasteiger partial charge in [-0.2, -0.15) is 0 Å². The molecule has 1 N–H and O–H groups in total. The molecule has 0 amide bonds. The molecule has 14 heavy (non-hydrogen) atoms. The summed E-state index contributed by atoms with van der Waals surface area (Å²) in [6, 6.07) is 3.94. The lowest BCUT2D eigenvalue weighted by atomic mass is 10.2. The fourth-order valence-corrected chi connectivity index (χ4v) is 1.56. The molecule has 2 aromatic rings. The van der Waals surface area contributed by atoms with Gasteiger partial charge in [-0.1, -0.05) is 19.8 Å². The maximum atomic E-state index is 4.42. The summed E-state index contributed by atoms with van der Waals surface area (Å²) in [6.07, 6.45) is 6.53. The second kappa shape index (κ2) is 4.22. The van der Waals surface area contributed by atoms with E-state index in [9.17, 15) is 0 Å². The van der Waals surface area contributed by atoms with Crippen molar-refractivity contribution in [2.24, 2.45) is 0 Å². The van der Waals surface area contributed by atoms with Crippen LogP contribution < -0.4 is 0 Å². The van der Waals surface area contributed by atoms with Gasteiger partial charge in [-0.05, 0) is 18.6 Å². The van der Waals surface area contributed by atoms with Crippen molar-refractivity contribution >= 4 is 11.2 Å². The van der Waals surface area contributed by atoms with E-state index in [1.54, 1.807) is 6.20 Å². The molecule has 0 saturated heterocycles. The van der Waals surface area contributed by atoms with Gasteiger partial charge in [0, 0.05) is 12.6 Å². The molecule has 3 heteroatoms. The molecule has 0 aliphatic carbocycles. The molecular formula is C11H15N3. The van der Waals surface area contributed by atoms with Crippen LogP contribution in [0.3, 0.4) is 0 Å². The SMILES string of the molecule is CCCCCc1nc2ncccc2[nH]1. The standard InChI is InChI=1S/C11H15N3/c1-2-3-4-7-10-13-9-6-5-8-12-11(9)14-10/h5-6,8H,2-4,7H2,1H3,(H,12,13,14). The maximum absolute atomic E-state index is 4.42. The lowest BCUT2D eigenvalue weighted by Gasteiger charge is -1.93. The molecule has 0 aliphatic rings. The molecule has 0 spiro atoms. The second-order valence-electron chi connectivity index (χ2n) is 3.52. The lowest BCUT2D eigenvalue weighted by Crippen LogP contribution is -1.87. The number of nitrogens with zero attached hydrogens (tertiary/aromatic N) is 2. The van der Waals surface area contributed by atoms with Gasteiger partial charge >= 0.3 is 0 Å². The number of hydrogen-bond acceptors (Lipinski definition) is 2. The van der Waals surface area contributed by atoms with Crippen LogP contribution in [-0.2, 0) is 6.42 Å². The molecule has 74 valence electrons. The average Bonchev–Trinajstić information content (AvgIpc) is 2.60. The minimum Gasteiger partial charge on any atom is -0.341 e. The topological polar surface area (TPSA) is 41.6 Å². The van der Waals surface area contributed by atoms with Crippen LogP contribution in [0.5, 0.6) is 0 Å². The van der Waals surface area contributed by atoms with E-state index in [4.69, 9.17) is 0 Å². The van der Waals surface area contributed by atoms with Gasteiger partial charge in [-0.25, -0.2) is 9.97 Å². The number of aromatic amines is 1. The van der Waals surface area contributed by atoms with E-state index in [-0.39, 0.29) is 0 Å². The number of fused-ring (bicyclic) bond motifs is 1. The number of pyridine rings is 1. The Morgan fingerprint density at radius 2 is 2.29 bits per heavy atom. The zero-order valence-electron chi connectivity index (χ0n) is 8.45. The minimum absolute atomic E-state index is 0.832. The first-order chi connectivity index (χ1) is 6.90. The van der Waals surface area contributed by atoms with Crippen LogP contribution in [0.15, 0.2) is 18.3 Å². The summed E-state index contributed by atoms with van der Waals surface area (Å²) >= 11 is 0. The van der Waals surface area contributed by atoms with E-state index in [1.807, 2.05) is 12.1 Å². The second-order valence-corrected chi connectivity index (χ2v) is 3.52. The highest BCUT2D eigenvalue weighted by Crippen LogP contribution is 2.09. The first kappa shape index (κ1) is 9.19. The average molecular weight is 189 g/mol. The van der Waals surface area contributed by atoms with Crippen LogP contribution >= 0.6 is 0 Å². The predicted octanol–water partition coefficient (Wildman–Crippen LogP) is 2.69. The molecule has 0 aromatic carbocycles. The Kier molecular flexibility index (Phi) is 2.77. The quantitative estimate of drug-likeness (QED) is 0.751. The molecule has 0 saturated carbocycles. The van der Waals surface area contributed by atoms with Crippen LogP contribution in [0, 0.1) is 0 Å². The minimum atomic E-state index is 0.832. The summed E-state index contributed by atoms with van der Waals surface area (Å²) in [7, 11) is 0. The van der Waals surface area contributed by atoms with Crippen LogP contribution in [0.4, 0.5) is 0 Å². The van der Waals surface area contributed by atoms with E-state index < -0.39 is 0 Å². The van der Waals surface area contributed by atoms with Crippen molar-refractivity contribution in [3.8, 4) is 0 Å². The summed E-state index contributed by atoms with van der Waals surface area (Å²) < 4.78 is 0. The first-order valence-electron chi connectivity index (χ1n) is 5.20. The highest BCUT2D eigenvalue weighted by molar-refractivity contribution is 5.69.